The van der Waals surface area contributed by atoms with Crippen molar-refractivity contribution in [2.24, 2.45) is 5.73 Å². The Hall–Kier alpha value is -1.01. The van der Waals surface area contributed by atoms with Crippen LogP contribution in [0.25, 0.3) is 0 Å². The van der Waals surface area contributed by atoms with E-state index in [0.717, 1.165) is 11.3 Å². The first kappa shape index (κ1) is 19.0. The lowest BCUT2D eigenvalue weighted by molar-refractivity contribution is -0.129. The van der Waals surface area contributed by atoms with E-state index in [0.29, 0.717) is 44.0 Å². The molecule has 0 radical (unpaired) electrons. The summed E-state index contributed by atoms with van der Waals surface area (Å²) in [5.74, 6) is 0.603. The zero-order valence-electron chi connectivity index (χ0n) is 12.6. The molecule has 0 saturated carbocycles. The smallest absolute Gasteiger partial charge is 0.240 e. The molecule has 1 heterocycles. The predicted octanol–water partition coefficient (Wildman–Crippen LogP) is 1.94. The molecule has 3 N–H and O–H groups in total. The lowest BCUT2D eigenvalue weighted by atomic mass is 9.90. The zero-order chi connectivity index (χ0) is 15.3. The second kappa shape index (κ2) is 8.58. The number of rotatable bonds is 5. The molecule has 1 aromatic rings. The molecule has 0 spiro atoms. The minimum Gasteiger partial charge on any atom is -0.497 e. The maximum atomic E-state index is 12.2. The number of amides is 1. The molecule has 22 heavy (non-hydrogen) atoms. The van der Waals surface area contributed by atoms with Crippen LogP contribution >= 0.6 is 24.0 Å². The van der Waals surface area contributed by atoms with E-state index in [1.807, 2.05) is 12.1 Å². The van der Waals surface area contributed by atoms with E-state index in [1.165, 1.54) is 0 Å². The van der Waals surface area contributed by atoms with Crippen LogP contribution in [0, 0.1) is 0 Å². The van der Waals surface area contributed by atoms with Crippen LogP contribution in [0.1, 0.15) is 18.4 Å². The summed E-state index contributed by atoms with van der Waals surface area (Å²) in [6, 6.07) is 5.52. The van der Waals surface area contributed by atoms with Gasteiger partial charge in [0.1, 0.15) is 5.75 Å². The average Bonchev–Trinajstić information content (AvgIpc) is 2.49. The van der Waals surface area contributed by atoms with Gasteiger partial charge >= 0.3 is 0 Å². The molecule has 1 aliphatic rings. The quantitative estimate of drug-likeness (QED) is 0.852. The minimum absolute atomic E-state index is 0. The Bertz CT molecular complexity index is 506. The Morgan fingerprint density at radius 3 is 2.73 bits per heavy atom. The van der Waals surface area contributed by atoms with Gasteiger partial charge < -0.3 is 20.5 Å². The Morgan fingerprint density at radius 2 is 2.14 bits per heavy atom. The zero-order valence-corrected chi connectivity index (χ0v) is 14.1. The van der Waals surface area contributed by atoms with Crippen molar-refractivity contribution in [1.82, 2.24) is 5.32 Å². The summed E-state index contributed by atoms with van der Waals surface area (Å²) in [6.45, 7) is 1.58. The van der Waals surface area contributed by atoms with Gasteiger partial charge in [0.25, 0.3) is 0 Å². The summed E-state index contributed by atoms with van der Waals surface area (Å²) in [6.07, 6.45) is 1.77. The predicted molar refractivity (Wildman–Crippen MR) is 88.9 cm³/mol. The van der Waals surface area contributed by atoms with Gasteiger partial charge in [0.15, 0.2) is 0 Å². The third-order valence-electron chi connectivity index (χ3n) is 3.78. The van der Waals surface area contributed by atoms with Crippen molar-refractivity contribution < 1.29 is 14.3 Å². The molecule has 1 aliphatic heterocycles. The van der Waals surface area contributed by atoms with Gasteiger partial charge in [-0.25, -0.2) is 0 Å². The van der Waals surface area contributed by atoms with E-state index in [1.54, 1.807) is 13.2 Å². The molecule has 0 atom stereocenters. The Labute approximate surface area is 141 Å². The van der Waals surface area contributed by atoms with Crippen LogP contribution in [0.5, 0.6) is 5.75 Å². The van der Waals surface area contributed by atoms with Crippen LogP contribution < -0.4 is 15.8 Å². The van der Waals surface area contributed by atoms with Crippen LogP contribution in [0.2, 0.25) is 5.02 Å². The number of benzene rings is 1. The second-order valence-corrected chi connectivity index (χ2v) is 5.64. The second-order valence-electron chi connectivity index (χ2n) is 5.23. The van der Waals surface area contributed by atoms with Gasteiger partial charge in [-0.1, -0.05) is 17.7 Å². The first-order valence-corrected chi connectivity index (χ1v) is 7.40. The minimum atomic E-state index is -0.804. The van der Waals surface area contributed by atoms with Gasteiger partial charge in [-0.2, -0.15) is 0 Å². The molecular weight excluding hydrogens is 327 g/mol. The number of hydrogen-bond acceptors (Lipinski definition) is 4. The van der Waals surface area contributed by atoms with Crippen LogP contribution in [0.15, 0.2) is 18.2 Å². The first-order chi connectivity index (χ1) is 10.0. The highest BCUT2D eigenvalue weighted by atomic mass is 35.5. The number of methoxy groups -OCH3 is 1. The van der Waals surface area contributed by atoms with E-state index in [4.69, 9.17) is 26.8 Å². The normalized spacial score (nSPS) is 16.5. The highest BCUT2D eigenvalue weighted by molar-refractivity contribution is 6.31. The molecule has 1 aromatic carbocycles. The van der Waals surface area contributed by atoms with Crippen LogP contribution in [-0.2, 0) is 16.0 Å². The van der Waals surface area contributed by atoms with Crippen molar-refractivity contribution in [3.8, 4) is 5.75 Å². The molecule has 1 fully saturated rings. The molecule has 0 aromatic heterocycles. The van der Waals surface area contributed by atoms with E-state index in [2.05, 4.69) is 5.32 Å². The molecule has 124 valence electrons. The molecule has 7 heteroatoms. The molecule has 1 amide bonds. The van der Waals surface area contributed by atoms with E-state index in [9.17, 15) is 4.79 Å². The Kier molecular flexibility index (Phi) is 7.42. The SMILES string of the molecule is COc1ccc(CCNC(=O)C2(N)CCOCC2)c(Cl)c1.Cl. The first-order valence-electron chi connectivity index (χ1n) is 7.02. The number of hydrogen-bond donors (Lipinski definition) is 2. The number of carbonyl (C=O) groups is 1. The summed E-state index contributed by atoms with van der Waals surface area (Å²) in [4.78, 5) is 12.2. The standard InChI is InChI=1S/C15H21ClN2O3.ClH/c1-20-12-3-2-11(13(16)10-12)4-7-18-14(19)15(17)5-8-21-9-6-15;/h2-3,10H,4-9,17H2,1H3,(H,18,19);1H. The molecule has 5 nitrogen and oxygen atoms in total. The molecule has 0 bridgehead atoms. The fourth-order valence-corrected chi connectivity index (χ4v) is 2.57. The van der Waals surface area contributed by atoms with Crippen LogP contribution in [0.3, 0.4) is 0 Å². The lowest BCUT2D eigenvalue weighted by Gasteiger charge is -2.31. The number of nitrogens with two attached hydrogens (primary N) is 1. The Morgan fingerprint density at radius 1 is 1.45 bits per heavy atom. The Balaban J connectivity index is 0.00000242. The highest BCUT2D eigenvalue weighted by Crippen LogP contribution is 2.22. The number of carbonyl (C=O) groups excluding carboxylic acids is 1. The van der Waals surface area contributed by atoms with Gasteiger partial charge in [0.05, 0.1) is 12.6 Å². The van der Waals surface area contributed by atoms with E-state index in [-0.39, 0.29) is 18.3 Å². The van der Waals surface area contributed by atoms with Gasteiger partial charge in [-0.15, -0.1) is 12.4 Å². The topological polar surface area (TPSA) is 73.6 Å². The molecular formula is C15H22Cl2N2O3. The van der Waals surface area contributed by atoms with Crippen molar-refractivity contribution in [3.05, 3.63) is 28.8 Å². The van der Waals surface area contributed by atoms with Gasteiger partial charge in [-0.05, 0) is 37.0 Å². The van der Waals surface area contributed by atoms with Crippen LogP contribution in [0.4, 0.5) is 0 Å². The van der Waals surface area contributed by atoms with Crippen molar-refractivity contribution in [3.63, 3.8) is 0 Å². The van der Waals surface area contributed by atoms with Gasteiger partial charge in [-0.3, -0.25) is 4.79 Å². The van der Waals surface area contributed by atoms with Crippen molar-refractivity contribution in [1.29, 1.82) is 0 Å². The van der Waals surface area contributed by atoms with Gasteiger partial charge in [0.2, 0.25) is 5.91 Å². The number of ether oxygens (including phenoxy) is 2. The molecule has 2 rings (SSSR count). The fraction of sp³-hybridized carbons (Fsp3) is 0.533. The molecule has 1 saturated heterocycles. The number of nitrogens with one attached hydrogen (secondary N) is 1. The van der Waals surface area contributed by atoms with E-state index >= 15 is 0 Å². The van der Waals surface area contributed by atoms with E-state index < -0.39 is 5.54 Å². The summed E-state index contributed by atoms with van der Waals surface area (Å²) in [5, 5.41) is 3.52. The fourth-order valence-electron chi connectivity index (χ4n) is 2.31. The maximum absolute atomic E-state index is 12.2. The molecule has 0 aliphatic carbocycles. The summed E-state index contributed by atoms with van der Waals surface area (Å²) in [7, 11) is 1.60. The lowest BCUT2D eigenvalue weighted by Crippen LogP contribution is -2.57. The summed E-state index contributed by atoms with van der Waals surface area (Å²) < 4.78 is 10.3. The third-order valence-corrected chi connectivity index (χ3v) is 4.13. The summed E-state index contributed by atoms with van der Waals surface area (Å²) >= 11 is 6.17. The average molecular weight is 349 g/mol. The van der Waals surface area contributed by atoms with Gasteiger partial charge in [0, 0.05) is 24.8 Å². The monoisotopic (exact) mass is 348 g/mol. The van der Waals surface area contributed by atoms with Crippen LogP contribution in [-0.4, -0.2) is 38.3 Å². The molecule has 0 unspecified atom stereocenters. The highest BCUT2D eigenvalue weighted by Gasteiger charge is 2.35. The maximum Gasteiger partial charge on any atom is 0.240 e. The largest absolute Gasteiger partial charge is 0.497 e. The van der Waals surface area contributed by atoms with Crippen molar-refractivity contribution >= 4 is 29.9 Å². The van der Waals surface area contributed by atoms with Crippen molar-refractivity contribution in [2.45, 2.75) is 24.8 Å². The van der Waals surface area contributed by atoms with Crippen molar-refractivity contribution in [2.75, 3.05) is 26.9 Å². The summed E-state index contributed by atoms with van der Waals surface area (Å²) in [5.41, 5.74) is 6.28. The number of halogens is 2. The third kappa shape index (κ3) is 4.74.